The second kappa shape index (κ2) is 14.0. The van der Waals surface area contributed by atoms with Gasteiger partial charge in [-0.3, -0.25) is 0 Å². The maximum absolute atomic E-state index is 6.36. The lowest BCUT2D eigenvalue weighted by Crippen LogP contribution is -2.01. The number of thiophene rings is 1. The minimum absolute atomic E-state index is 0.578. The second-order valence-electron chi connectivity index (χ2n) is 15.1. The summed E-state index contributed by atoms with van der Waals surface area (Å²) in [6.07, 6.45) is 0. The molecule has 0 atom stereocenters. The van der Waals surface area contributed by atoms with Crippen LogP contribution in [0.2, 0.25) is 0 Å². The molecule has 3 heterocycles. The normalized spacial score (nSPS) is 11.7. The summed E-state index contributed by atoms with van der Waals surface area (Å²) in [7, 11) is 0. The molecule has 0 radical (unpaired) electrons. The maximum atomic E-state index is 6.36. The van der Waals surface area contributed by atoms with E-state index in [1.54, 1.807) is 0 Å². The molecule has 4 nitrogen and oxygen atoms in total. The highest BCUT2D eigenvalue weighted by Crippen LogP contribution is 2.45. The lowest BCUT2D eigenvalue weighted by atomic mass is 9.95. The first-order valence-electron chi connectivity index (χ1n) is 20.1. The van der Waals surface area contributed by atoms with Crippen LogP contribution in [0.3, 0.4) is 0 Å². The van der Waals surface area contributed by atoms with Gasteiger partial charge in [0.05, 0.1) is 0 Å². The van der Waals surface area contributed by atoms with Gasteiger partial charge in [0, 0.05) is 47.6 Å². The van der Waals surface area contributed by atoms with Gasteiger partial charge in [-0.15, -0.1) is 11.3 Å². The van der Waals surface area contributed by atoms with E-state index in [1.165, 1.54) is 36.9 Å². The molecule has 0 aliphatic rings. The first-order chi connectivity index (χ1) is 29.7. The number of fused-ring (bicyclic) bond motifs is 7. The van der Waals surface area contributed by atoms with Crippen molar-refractivity contribution < 1.29 is 4.42 Å². The molecule has 0 aliphatic heterocycles. The number of hydrogen-bond donors (Lipinski definition) is 0. The van der Waals surface area contributed by atoms with E-state index in [9.17, 15) is 0 Å². The van der Waals surface area contributed by atoms with Crippen LogP contribution in [0, 0.1) is 0 Å². The molecular formula is C55H33N3OS. The van der Waals surface area contributed by atoms with Crippen LogP contribution in [0.25, 0.3) is 120 Å². The van der Waals surface area contributed by atoms with E-state index in [-0.39, 0.29) is 0 Å². The molecule has 3 aromatic heterocycles. The van der Waals surface area contributed by atoms with Crippen molar-refractivity contribution in [1.29, 1.82) is 0 Å². The third-order valence-electron chi connectivity index (χ3n) is 11.5. The van der Waals surface area contributed by atoms with Gasteiger partial charge in [0.15, 0.2) is 17.5 Å². The SMILES string of the molecule is c1ccc(-c2ccccc2-c2nc(-c3ccc4c(c3)oc3ccccc34)nc(-c3cc(-c4cccc5c4sc4c(-c6ccccc6)cccc45)cc4ccccc34)n2)cc1. The molecule has 0 saturated heterocycles. The lowest BCUT2D eigenvalue weighted by molar-refractivity contribution is 0.669. The van der Waals surface area contributed by atoms with Crippen LogP contribution < -0.4 is 0 Å². The molecule has 60 heavy (non-hydrogen) atoms. The van der Waals surface area contributed by atoms with Gasteiger partial charge in [0.2, 0.25) is 0 Å². The minimum atomic E-state index is 0.578. The maximum Gasteiger partial charge on any atom is 0.164 e. The van der Waals surface area contributed by atoms with Gasteiger partial charge < -0.3 is 4.42 Å². The molecule has 0 N–H and O–H groups in total. The van der Waals surface area contributed by atoms with Gasteiger partial charge in [0.1, 0.15) is 11.2 Å². The summed E-state index contributed by atoms with van der Waals surface area (Å²) in [5, 5.41) is 6.85. The predicted molar refractivity (Wildman–Crippen MR) is 250 cm³/mol. The number of aromatic nitrogens is 3. The van der Waals surface area contributed by atoms with Crippen molar-refractivity contribution in [2.24, 2.45) is 0 Å². The van der Waals surface area contributed by atoms with Crippen molar-refractivity contribution in [3.63, 3.8) is 0 Å². The average Bonchev–Trinajstić information content (AvgIpc) is 3.90. The number of rotatable bonds is 6. The Bertz CT molecular complexity index is 3610. The van der Waals surface area contributed by atoms with E-state index in [0.29, 0.717) is 17.5 Å². The Balaban J connectivity index is 1.10. The van der Waals surface area contributed by atoms with E-state index in [0.717, 1.165) is 66.1 Å². The Morgan fingerprint density at radius 3 is 1.58 bits per heavy atom. The summed E-state index contributed by atoms with van der Waals surface area (Å²) in [5.74, 6) is 1.79. The summed E-state index contributed by atoms with van der Waals surface area (Å²) in [5.41, 5.74) is 11.3. The lowest BCUT2D eigenvalue weighted by Gasteiger charge is -2.14. The van der Waals surface area contributed by atoms with E-state index in [4.69, 9.17) is 19.4 Å². The first-order valence-corrected chi connectivity index (χ1v) is 20.9. The monoisotopic (exact) mass is 783 g/mol. The van der Waals surface area contributed by atoms with Gasteiger partial charge in [-0.2, -0.15) is 0 Å². The number of hydrogen-bond acceptors (Lipinski definition) is 5. The molecule has 0 aliphatic carbocycles. The van der Waals surface area contributed by atoms with Crippen molar-refractivity contribution >= 4 is 64.2 Å². The number of benzene rings is 9. The Hall–Kier alpha value is -7.73. The van der Waals surface area contributed by atoms with Crippen molar-refractivity contribution in [2.45, 2.75) is 0 Å². The van der Waals surface area contributed by atoms with Gasteiger partial charge in [0.25, 0.3) is 0 Å². The smallest absolute Gasteiger partial charge is 0.164 e. The Kier molecular flexibility index (Phi) is 8.00. The Labute approximate surface area is 349 Å². The zero-order chi connectivity index (χ0) is 39.6. The number of para-hydroxylation sites is 1. The van der Waals surface area contributed by atoms with Crippen molar-refractivity contribution in [3.8, 4) is 67.5 Å². The summed E-state index contributed by atoms with van der Waals surface area (Å²) in [6.45, 7) is 0. The quantitative estimate of drug-likeness (QED) is 0.169. The summed E-state index contributed by atoms with van der Waals surface area (Å²) < 4.78 is 8.91. The Morgan fingerprint density at radius 2 is 0.833 bits per heavy atom. The molecule has 280 valence electrons. The number of nitrogens with zero attached hydrogens (tertiary/aromatic N) is 3. The molecule has 5 heteroatoms. The third kappa shape index (κ3) is 5.70. The van der Waals surface area contributed by atoms with Crippen LogP contribution in [0.4, 0.5) is 0 Å². The fourth-order valence-corrected chi connectivity index (χ4v) is 10.1. The zero-order valence-electron chi connectivity index (χ0n) is 32.2. The standard InChI is InChI=1S/C55H33N3OS/c1-3-15-34(16-4-1)39-20-9-10-23-47(39)54-56-53(37-29-30-44-43-22-11-12-28-49(43)59-50(44)33-37)57-55(58-54)48-32-38(31-36-19-7-8-21-40(36)48)42-25-14-27-46-45-26-13-24-41(51(45)60-52(42)46)35-17-5-2-6-18-35/h1-33H. The van der Waals surface area contributed by atoms with Crippen LogP contribution >= 0.6 is 11.3 Å². The van der Waals surface area contributed by atoms with Crippen molar-refractivity contribution in [3.05, 3.63) is 200 Å². The van der Waals surface area contributed by atoms with Crippen LogP contribution in [0.15, 0.2) is 205 Å². The topological polar surface area (TPSA) is 51.8 Å². The molecule has 0 unspecified atom stereocenters. The molecule has 12 aromatic rings. The summed E-state index contributed by atoms with van der Waals surface area (Å²) in [4.78, 5) is 15.9. The Morgan fingerprint density at radius 1 is 0.300 bits per heavy atom. The summed E-state index contributed by atoms with van der Waals surface area (Å²) in [6, 6.07) is 70.4. The fraction of sp³-hybridized carbons (Fsp3) is 0. The molecule has 0 bridgehead atoms. The molecule has 0 spiro atoms. The molecule has 0 saturated carbocycles. The summed E-state index contributed by atoms with van der Waals surface area (Å²) >= 11 is 1.86. The van der Waals surface area contributed by atoms with E-state index < -0.39 is 0 Å². The van der Waals surface area contributed by atoms with Crippen LogP contribution in [0.1, 0.15) is 0 Å². The van der Waals surface area contributed by atoms with Gasteiger partial charge in [-0.05, 0) is 74.5 Å². The predicted octanol–water partition coefficient (Wildman–Crippen LogP) is 15.3. The largest absolute Gasteiger partial charge is 0.456 e. The molecule has 12 rings (SSSR count). The third-order valence-corrected chi connectivity index (χ3v) is 12.8. The zero-order valence-corrected chi connectivity index (χ0v) is 33.0. The molecular weight excluding hydrogens is 751 g/mol. The van der Waals surface area contributed by atoms with E-state index in [2.05, 4.69) is 176 Å². The van der Waals surface area contributed by atoms with Crippen molar-refractivity contribution in [2.75, 3.05) is 0 Å². The number of furan rings is 1. The molecule has 0 fully saturated rings. The van der Waals surface area contributed by atoms with Crippen LogP contribution in [-0.2, 0) is 0 Å². The van der Waals surface area contributed by atoms with Gasteiger partial charge >= 0.3 is 0 Å². The van der Waals surface area contributed by atoms with E-state index in [1.807, 2.05) is 35.6 Å². The minimum Gasteiger partial charge on any atom is -0.456 e. The van der Waals surface area contributed by atoms with E-state index >= 15 is 0 Å². The molecule has 0 amide bonds. The fourth-order valence-electron chi connectivity index (χ4n) is 8.70. The van der Waals surface area contributed by atoms with Gasteiger partial charge in [-0.1, -0.05) is 170 Å². The highest BCUT2D eigenvalue weighted by atomic mass is 32.1. The average molecular weight is 784 g/mol. The van der Waals surface area contributed by atoms with Gasteiger partial charge in [-0.25, -0.2) is 15.0 Å². The van der Waals surface area contributed by atoms with Crippen LogP contribution in [0.5, 0.6) is 0 Å². The highest BCUT2D eigenvalue weighted by molar-refractivity contribution is 7.26. The second-order valence-corrected chi connectivity index (χ2v) is 16.1. The highest BCUT2D eigenvalue weighted by Gasteiger charge is 2.20. The first kappa shape index (κ1) is 34.3. The molecule has 9 aromatic carbocycles. The van der Waals surface area contributed by atoms with Crippen molar-refractivity contribution in [1.82, 2.24) is 15.0 Å². The van der Waals surface area contributed by atoms with Crippen LogP contribution in [-0.4, -0.2) is 15.0 Å².